The first-order valence-electron chi connectivity index (χ1n) is 14.0. The van der Waals surface area contributed by atoms with E-state index < -0.39 is 99.2 Å². The number of unbranched alkanes of at least 4 members (excludes halogenated alkanes) is 4. The standard InChI is InChI=1S/C21H42O22P4/c1-3-5-7-9-14(22)37-11-13(39-15(23)10-8-6-4-2)12-38-47(35,36)43-18-16(24)19(40-44(26,27)28)21(42-46(32,33)34)20(17(18)25)41-45(29,30)31/h13,16-21,24-25H,3-12H2,1-2H3,(H,35,36)(H2,26,27,28)(H2,29,30,31)(H2,32,33,34)/p-4/t13-,16+,17+,18?,19-,20+,21?/m1/s1. The van der Waals surface area contributed by atoms with E-state index in [4.69, 9.17) is 24.2 Å². The van der Waals surface area contributed by atoms with Crippen molar-refractivity contribution in [3.8, 4) is 0 Å². The second-order valence-corrected chi connectivity index (χ2v) is 14.9. The van der Waals surface area contributed by atoms with Crippen molar-refractivity contribution in [2.24, 2.45) is 0 Å². The van der Waals surface area contributed by atoms with Gasteiger partial charge in [0.2, 0.25) is 0 Å². The molecule has 0 heterocycles. The van der Waals surface area contributed by atoms with Crippen LogP contribution in [0.2, 0.25) is 0 Å². The van der Waals surface area contributed by atoms with Crippen molar-refractivity contribution < 1.29 is 104 Å². The summed E-state index contributed by atoms with van der Waals surface area (Å²) in [6.07, 6.45) is -15.1. The van der Waals surface area contributed by atoms with Crippen LogP contribution in [0.4, 0.5) is 0 Å². The third-order valence-corrected chi connectivity index (χ3v) is 8.62. The molecule has 6 unspecified atom stereocenters. The van der Waals surface area contributed by atoms with Gasteiger partial charge in [0.25, 0.3) is 31.3 Å². The summed E-state index contributed by atoms with van der Waals surface area (Å²) in [4.78, 5) is 98.5. The van der Waals surface area contributed by atoms with Crippen LogP contribution in [0.5, 0.6) is 0 Å². The summed E-state index contributed by atoms with van der Waals surface area (Å²) in [5.41, 5.74) is 0. The number of esters is 2. The quantitative estimate of drug-likeness (QED) is 0.0441. The van der Waals surface area contributed by atoms with E-state index in [1.54, 1.807) is 0 Å². The third kappa shape index (κ3) is 18.2. The Bertz CT molecular complexity index is 1140. The summed E-state index contributed by atoms with van der Waals surface area (Å²) in [5.74, 6) is -1.53. The molecule has 0 aromatic rings. The largest absolute Gasteiger partial charge is 0.756 e. The van der Waals surface area contributed by atoms with Crippen molar-refractivity contribution >= 4 is 43.2 Å². The molecule has 11 atom stereocenters. The predicted octanol–water partition coefficient (Wildman–Crippen LogP) is -2.25. The molecule has 26 heteroatoms. The average molecular weight is 766 g/mol. The zero-order valence-corrected chi connectivity index (χ0v) is 28.7. The predicted molar refractivity (Wildman–Crippen MR) is 144 cm³/mol. The van der Waals surface area contributed by atoms with Gasteiger partial charge in [0, 0.05) is 12.8 Å². The number of hydrogen-bond donors (Lipinski definition) is 5. The van der Waals surface area contributed by atoms with Crippen molar-refractivity contribution in [2.45, 2.75) is 108 Å². The minimum absolute atomic E-state index is 0.00396. The minimum Gasteiger partial charge on any atom is -0.756 e. The van der Waals surface area contributed by atoms with E-state index in [0.29, 0.717) is 25.7 Å². The second-order valence-electron chi connectivity index (χ2n) is 10.1. The number of aliphatic hydroxyl groups is 2. The maximum atomic E-state index is 12.7. The van der Waals surface area contributed by atoms with Gasteiger partial charge < -0.3 is 76.6 Å². The van der Waals surface area contributed by atoms with Crippen LogP contribution in [0.1, 0.15) is 65.2 Å². The van der Waals surface area contributed by atoms with Gasteiger partial charge in [-0.3, -0.25) is 27.8 Å². The molecule has 1 aliphatic rings. The van der Waals surface area contributed by atoms with E-state index in [2.05, 4.69) is 22.6 Å². The molecule has 0 aliphatic heterocycles. The lowest BCUT2D eigenvalue weighted by molar-refractivity contribution is -0.286. The lowest BCUT2D eigenvalue weighted by Gasteiger charge is -2.49. The van der Waals surface area contributed by atoms with E-state index in [1.165, 1.54) is 0 Å². The van der Waals surface area contributed by atoms with Crippen molar-refractivity contribution in [1.82, 2.24) is 0 Å². The Kier molecular flexibility index (Phi) is 18.5. The number of rotatable bonds is 22. The molecular formula is C21H38O22P4-4. The van der Waals surface area contributed by atoms with Gasteiger partial charge in [-0.25, -0.2) is 0 Å². The monoisotopic (exact) mass is 766 g/mol. The fraction of sp³-hybridized carbons (Fsp3) is 0.905. The van der Waals surface area contributed by atoms with Crippen molar-refractivity contribution in [3.05, 3.63) is 0 Å². The molecule has 0 amide bonds. The molecule has 0 saturated heterocycles. The van der Waals surface area contributed by atoms with Crippen LogP contribution in [-0.2, 0) is 59.9 Å². The van der Waals surface area contributed by atoms with Gasteiger partial charge in [-0.2, -0.15) is 0 Å². The lowest BCUT2D eigenvalue weighted by Crippen LogP contribution is -2.66. The molecule has 0 aromatic carbocycles. The molecule has 278 valence electrons. The van der Waals surface area contributed by atoms with E-state index in [1.807, 2.05) is 13.8 Å². The van der Waals surface area contributed by atoms with Gasteiger partial charge >= 0.3 is 11.9 Å². The Balaban J connectivity index is 3.25. The minimum atomic E-state index is -6.06. The first-order valence-corrected chi connectivity index (χ1v) is 19.9. The molecule has 1 rings (SSSR count). The molecule has 1 saturated carbocycles. The summed E-state index contributed by atoms with van der Waals surface area (Å²) in [5, 5.41) is 21.2. The molecule has 0 radical (unpaired) electrons. The Morgan fingerprint density at radius 2 is 1.06 bits per heavy atom. The number of ether oxygens (including phenoxy) is 2. The molecule has 5 N–H and O–H groups in total. The highest BCUT2D eigenvalue weighted by molar-refractivity contribution is 7.46. The van der Waals surface area contributed by atoms with Gasteiger partial charge in [0.1, 0.15) is 43.2 Å². The molecule has 0 spiro atoms. The Labute approximate surface area is 268 Å². The maximum absolute atomic E-state index is 12.7. The summed E-state index contributed by atoms with van der Waals surface area (Å²) in [6, 6.07) is 0. The first kappa shape index (κ1) is 44.3. The second kappa shape index (κ2) is 19.6. The highest BCUT2D eigenvalue weighted by Gasteiger charge is 2.56. The molecule has 47 heavy (non-hydrogen) atoms. The number of phosphoric ester groups is 4. The van der Waals surface area contributed by atoms with Crippen molar-refractivity contribution in [2.75, 3.05) is 13.2 Å². The summed E-state index contributed by atoms with van der Waals surface area (Å²) < 4.78 is 78.5. The van der Waals surface area contributed by atoms with E-state index >= 15 is 0 Å². The third-order valence-electron chi connectivity index (χ3n) is 6.13. The van der Waals surface area contributed by atoms with Crippen LogP contribution < -0.4 is 19.6 Å². The Morgan fingerprint density at radius 3 is 1.49 bits per heavy atom. The fourth-order valence-corrected chi connectivity index (χ4v) is 6.72. The zero-order valence-electron chi connectivity index (χ0n) is 25.1. The molecule has 22 nitrogen and oxygen atoms in total. The first-order chi connectivity index (χ1) is 21.5. The summed E-state index contributed by atoms with van der Waals surface area (Å²) >= 11 is 0. The average Bonchev–Trinajstić information content (AvgIpc) is 2.91. The van der Waals surface area contributed by atoms with Crippen LogP contribution in [0, 0.1) is 0 Å². The molecular weight excluding hydrogens is 728 g/mol. The van der Waals surface area contributed by atoms with E-state index in [-0.39, 0.29) is 12.8 Å². The van der Waals surface area contributed by atoms with Crippen LogP contribution in [0.15, 0.2) is 0 Å². The zero-order chi connectivity index (χ0) is 36.2. The maximum Gasteiger partial charge on any atom is 0.306 e. The lowest BCUT2D eigenvalue weighted by atomic mass is 9.85. The van der Waals surface area contributed by atoms with Gasteiger partial charge in [0.15, 0.2) is 6.10 Å². The van der Waals surface area contributed by atoms with E-state index in [0.717, 1.165) is 12.8 Å². The van der Waals surface area contributed by atoms with Crippen molar-refractivity contribution in [3.63, 3.8) is 0 Å². The molecule has 1 fully saturated rings. The highest BCUT2D eigenvalue weighted by Crippen LogP contribution is 2.50. The Morgan fingerprint density at radius 1 is 0.638 bits per heavy atom. The normalized spacial score (nSPS) is 29.0. The highest BCUT2D eigenvalue weighted by atomic mass is 31.2. The number of aliphatic hydroxyl groups excluding tert-OH is 2. The number of hydrogen-bond acceptors (Lipinski definition) is 19. The van der Waals surface area contributed by atoms with Crippen molar-refractivity contribution in [1.29, 1.82) is 0 Å². The number of phosphoric acid groups is 4. The van der Waals surface area contributed by atoms with Crippen LogP contribution in [0.3, 0.4) is 0 Å². The van der Waals surface area contributed by atoms with Gasteiger partial charge in [0.05, 0.1) is 6.61 Å². The summed E-state index contributed by atoms with van der Waals surface area (Å²) in [6.45, 7) is 1.96. The molecule has 1 aliphatic carbocycles. The fourth-order valence-electron chi connectivity index (χ4n) is 4.11. The number of carbonyl (C=O) groups excluding carboxylic acids is 2. The van der Waals surface area contributed by atoms with Gasteiger partial charge in [-0.05, 0) is 12.8 Å². The SMILES string of the molecule is CCCCCC(=O)OC[C@H](COP(=O)([O-])OC1[C@H](O)[C@H](OP(=O)([O-])O)C(OP(=O)([O-])O)[C@H](OP(=O)([O-])O)[C@H]1O)OC(=O)CCCCC. The molecule has 0 bridgehead atoms. The summed E-state index contributed by atoms with van der Waals surface area (Å²) in [7, 11) is -24.1. The van der Waals surface area contributed by atoms with Crippen LogP contribution >= 0.6 is 31.3 Å². The van der Waals surface area contributed by atoms with Gasteiger partial charge in [-0.1, -0.05) is 39.5 Å². The van der Waals surface area contributed by atoms with Crippen LogP contribution in [0.25, 0.3) is 0 Å². The van der Waals surface area contributed by atoms with Crippen LogP contribution in [-0.4, -0.2) is 92.8 Å². The smallest absolute Gasteiger partial charge is 0.306 e. The molecule has 0 aromatic heterocycles. The topological polar surface area (TPSA) is 360 Å². The Hall–Kier alpha value is -0.700. The van der Waals surface area contributed by atoms with E-state index in [9.17, 15) is 57.6 Å². The van der Waals surface area contributed by atoms with Gasteiger partial charge in [-0.15, -0.1) is 0 Å². The number of carbonyl (C=O) groups is 2.